The van der Waals surface area contributed by atoms with Crippen LogP contribution in [-0.2, 0) is 14.6 Å². The van der Waals surface area contributed by atoms with E-state index in [0.29, 0.717) is 50.3 Å². The summed E-state index contributed by atoms with van der Waals surface area (Å²) in [5.74, 6) is -1.23. The summed E-state index contributed by atoms with van der Waals surface area (Å²) in [6.45, 7) is 5.47. The quantitative estimate of drug-likeness (QED) is 0.195. The Morgan fingerprint density at radius 1 is 1.00 bits per heavy atom. The summed E-state index contributed by atoms with van der Waals surface area (Å²) in [6.07, 6.45) is -4.55. The van der Waals surface area contributed by atoms with Crippen LogP contribution in [0.15, 0.2) is 71.6 Å². The van der Waals surface area contributed by atoms with E-state index in [4.69, 9.17) is 10.5 Å². The lowest BCUT2D eigenvalue weighted by molar-refractivity contribution is -0.198. The fourth-order valence-electron chi connectivity index (χ4n) is 6.79. The Labute approximate surface area is 288 Å². The maximum Gasteiger partial charge on any atom is 0.429 e. The Bertz CT molecular complexity index is 2050. The first-order chi connectivity index (χ1) is 23.5. The Hall–Kier alpha value is -4.69. The highest BCUT2D eigenvalue weighted by atomic mass is 32.2. The van der Waals surface area contributed by atoms with E-state index in [1.165, 1.54) is 30.3 Å². The molecule has 2 aliphatic heterocycles. The van der Waals surface area contributed by atoms with E-state index in [2.05, 4.69) is 15.3 Å². The van der Waals surface area contributed by atoms with Crippen LogP contribution in [0.1, 0.15) is 42.1 Å². The summed E-state index contributed by atoms with van der Waals surface area (Å²) in [6, 6.07) is 16.8. The second kappa shape index (κ2) is 13.2. The molecule has 0 unspecified atom stereocenters. The molecule has 14 heteroatoms. The number of carbonyl (C=O) groups is 1. The molecular weight excluding hydrogens is 671 g/mol. The number of aromatic nitrogens is 2. The van der Waals surface area contributed by atoms with Crippen molar-refractivity contribution >= 4 is 27.6 Å². The number of sulfone groups is 1. The number of nitrogens with one attached hydrogen (secondary N) is 1. The average Bonchev–Trinajstić information content (AvgIpc) is 3.47. The van der Waals surface area contributed by atoms with Gasteiger partial charge in [-0.05, 0) is 90.1 Å². The van der Waals surface area contributed by atoms with E-state index in [1.54, 1.807) is 18.2 Å². The molecule has 0 amide bonds. The van der Waals surface area contributed by atoms with Crippen LogP contribution >= 0.6 is 0 Å². The first kappa shape index (κ1) is 35.1. The first-order valence-corrected chi connectivity index (χ1v) is 18.0. The number of alkyl halides is 3. The summed E-state index contributed by atoms with van der Waals surface area (Å²) >= 11 is 0. The molecule has 0 aliphatic carbocycles. The number of benzene rings is 3. The average molecular weight is 710 g/mol. The fraction of sp³-hybridized carbons (Fsp3) is 0.361. The third-order valence-corrected chi connectivity index (χ3v) is 10.9. The van der Waals surface area contributed by atoms with Crippen LogP contribution < -0.4 is 20.7 Å². The number of carboxylic acid groups (broad SMARTS) is 1. The molecule has 4 aromatic rings. The van der Waals surface area contributed by atoms with E-state index in [0.717, 1.165) is 22.9 Å². The highest BCUT2D eigenvalue weighted by Gasteiger charge is 2.46. The zero-order valence-corrected chi connectivity index (χ0v) is 28.6. The molecule has 0 bridgehead atoms. The van der Waals surface area contributed by atoms with Gasteiger partial charge in [0, 0.05) is 37.5 Å². The summed E-state index contributed by atoms with van der Waals surface area (Å²) in [4.78, 5) is 21.6. The van der Waals surface area contributed by atoms with Crippen molar-refractivity contribution in [1.29, 1.82) is 0 Å². The molecular formula is C36H38F3N5O5S. The summed E-state index contributed by atoms with van der Waals surface area (Å²) in [7, 11) is -3.67. The molecule has 0 radical (unpaired) electrons. The zero-order chi connectivity index (χ0) is 36.0. The van der Waals surface area contributed by atoms with Crippen LogP contribution in [0.5, 0.6) is 5.88 Å². The molecule has 0 saturated carbocycles. The van der Waals surface area contributed by atoms with Crippen molar-refractivity contribution < 1.29 is 36.2 Å². The topological polar surface area (TPSA) is 148 Å². The predicted molar refractivity (Wildman–Crippen MR) is 184 cm³/mol. The molecule has 4 N–H and O–H groups in total. The number of aliphatic carboxylic acids is 1. The summed E-state index contributed by atoms with van der Waals surface area (Å²) in [5, 5.41) is 12.5. The number of anilines is 2. The Kier molecular flexibility index (Phi) is 9.29. The van der Waals surface area contributed by atoms with E-state index in [1.807, 2.05) is 36.9 Å². The van der Waals surface area contributed by atoms with Crippen molar-refractivity contribution in [2.45, 2.75) is 56.3 Å². The number of hydrogen-bond donors (Lipinski definition) is 3. The van der Waals surface area contributed by atoms with Gasteiger partial charge in [0.05, 0.1) is 4.90 Å². The van der Waals surface area contributed by atoms with Crippen LogP contribution in [0.25, 0.3) is 22.3 Å². The molecule has 10 nitrogen and oxygen atoms in total. The number of nitrogen functional groups attached to an aromatic ring is 1. The Morgan fingerprint density at radius 2 is 1.70 bits per heavy atom. The number of hydrogen-bond acceptors (Lipinski definition) is 9. The monoisotopic (exact) mass is 709 g/mol. The van der Waals surface area contributed by atoms with Crippen molar-refractivity contribution in [3.8, 4) is 28.1 Å². The third kappa shape index (κ3) is 7.41. The van der Waals surface area contributed by atoms with Gasteiger partial charge in [0.15, 0.2) is 9.84 Å². The van der Waals surface area contributed by atoms with E-state index >= 15 is 13.2 Å². The van der Waals surface area contributed by atoms with Gasteiger partial charge in [0.25, 0.3) is 0 Å². The molecule has 50 heavy (non-hydrogen) atoms. The van der Waals surface area contributed by atoms with Crippen molar-refractivity contribution in [3.05, 3.63) is 83.4 Å². The molecule has 3 heterocycles. The second-order valence-corrected chi connectivity index (χ2v) is 15.3. The summed E-state index contributed by atoms with van der Waals surface area (Å²) in [5.41, 5.74) is 9.48. The van der Waals surface area contributed by atoms with Crippen molar-refractivity contribution in [1.82, 2.24) is 15.3 Å². The second-order valence-electron chi connectivity index (χ2n) is 13.3. The molecule has 264 valence electrons. The maximum absolute atomic E-state index is 15.0. The number of rotatable bonds is 8. The molecule has 2 aliphatic rings. The number of piperidine rings is 1. The molecule has 2 fully saturated rings. The van der Waals surface area contributed by atoms with Crippen LogP contribution in [0.3, 0.4) is 0 Å². The Balaban J connectivity index is 1.36. The van der Waals surface area contributed by atoms with Gasteiger partial charge in [-0.15, -0.1) is 0 Å². The molecule has 6 rings (SSSR count). The van der Waals surface area contributed by atoms with Crippen LogP contribution in [-0.4, -0.2) is 67.6 Å². The van der Waals surface area contributed by atoms with Gasteiger partial charge in [0.1, 0.15) is 11.9 Å². The van der Waals surface area contributed by atoms with Gasteiger partial charge in [-0.25, -0.2) is 8.42 Å². The highest BCUT2D eigenvalue weighted by molar-refractivity contribution is 7.90. The molecule has 2 saturated heterocycles. The number of ether oxygens (including phenoxy) is 1. The lowest BCUT2D eigenvalue weighted by atomic mass is 9.76. The number of halogens is 3. The Morgan fingerprint density at radius 3 is 2.34 bits per heavy atom. The minimum atomic E-state index is -4.92. The number of carboxylic acids is 1. The largest absolute Gasteiger partial charge is 0.480 e. The van der Waals surface area contributed by atoms with Gasteiger partial charge in [-0.3, -0.25) is 4.79 Å². The van der Waals surface area contributed by atoms with Gasteiger partial charge >= 0.3 is 12.1 Å². The van der Waals surface area contributed by atoms with Crippen LogP contribution in [0.4, 0.5) is 24.9 Å². The molecule has 1 aromatic heterocycles. The maximum atomic E-state index is 15.0. The molecule has 3 aromatic carbocycles. The van der Waals surface area contributed by atoms with E-state index < -0.39 is 34.1 Å². The van der Waals surface area contributed by atoms with Gasteiger partial charge in [-0.2, -0.15) is 23.1 Å². The van der Waals surface area contributed by atoms with Gasteiger partial charge in [0.2, 0.25) is 17.9 Å². The lowest BCUT2D eigenvalue weighted by Gasteiger charge is -2.39. The number of nitrogens with zero attached hydrogens (tertiary/aromatic N) is 3. The number of aryl methyl sites for hydroxylation is 2. The molecule has 2 atom stereocenters. The van der Waals surface area contributed by atoms with E-state index in [-0.39, 0.29) is 38.8 Å². The first-order valence-electron chi connectivity index (χ1n) is 16.1. The zero-order valence-electron chi connectivity index (χ0n) is 27.8. The third-order valence-electron chi connectivity index (χ3n) is 9.80. The van der Waals surface area contributed by atoms with Crippen molar-refractivity contribution in [3.63, 3.8) is 0 Å². The predicted octanol–water partition coefficient (Wildman–Crippen LogP) is 6.13. The standard InChI is InChI=1S/C36H38F3N5O5S/c1-21-7-8-23(15-22(21)2)24-9-10-27(28(17-24)25-5-4-6-26(16-25)50(3,47)48)32(36(37,38)39)49-31-18-30(42-34(40)43-31)44-13-11-35(12-14-44)19-29(33(45)46)41-20-35/h4-10,15-18,29,32,41H,11-14,19-20H2,1-3H3,(H,45,46)(H2,40,42,43)/t29-,32+/m0/s1. The minimum Gasteiger partial charge on any atom is -0.480 e. The fourth-order valence-corrected chi connectivity index (χ4v) is 7.46. The number of nitrogens with two attached hydrogens (primary N) is 1. The lowest BCUT2D eigenvalue weighted by Crippen LogP contribution is -2.41. The van der Waals surface area contributed by atoms with Gasteiger partial charge in [-0.1, -0.05) is 42.5 Å². The van der Waals surface area contributed by atoms with Crippen molar-refractivity contribution in [2.75, 3.05) is 36.5 Å². The SMILES string of the molecule is Cc1ccc(-c2ccc([C@@H](Oc3cc(N4CCC5(CC4)CN[C@H](C(=O)O)C5)nc(N)n3)C(F)(F)F)c(-c3cccc(S(C)(=O)=O)c3)c2)cc1C. The van der Waals surface area contributed by atoms with Gasteiger partial charge < -0.3 is 25.8 Å². The normalized spacial score (nSPS) is 18.3. The molecule has 1 spiro atoms. The minimum absolute atomic E-state index is 0.0367. The van der Waals surface area contributed by atoms with Crippen molar-refractivity contribution in [2.24, 2.45) is 5.41 Å². The smallest absolute Gasteiger partial charge is 0.429 e. The summed E-state index contributed by atoms with van der Waals surface area (Å²) < 4.78 is 75.7. The van der Waals surface area contributed by atoms with Crippen LogP contribution in [0, 0.1) is 19.3 Å². The van der Waals surface area contributed by atoms with E-state index in [9.17, 15) is 18.3 Å². The van der Waals surface area contributed by atoms with Crippen LogP contribution in [0.2, 0.25) is 0 Å². The highest BCUT2D eigenvalue weighted by Crippen LogP contribution is 2.44.